The van der Waals surface area contributed by atoms with Crippen LogP contribution >= 0.6 is 0 Å². The van der Waals surface area contributed by atoms with Crippen molar-refractivity contribution in [1.29, 1.82) is 0 Å². The minimum absolute atomic E-state index is 0.0977. The molecule has 0 bridgehead atoms. The van der Waals surface area contributed by atoms with Gasteiger partial charge in [-0.2, -0.15) is 5.10 Å². The summed E-state index contributed by atoms with van der Waals surface area (Å²) in [5.41, 5.74) is 1.37. The maximum absolute atomic E-state index is 12.2. The van der Waals surface area contributed by atoms with Gasteiger partial charge in [-0.05, 0) is 23.8 Å². The lowest BCUT2D eigenvalue weighted by atomic mass is 10.1. The average Bonchev–Trinajstić information content (AvgIpc) is 2.79. The van der Waals surface area contributed by atoms with Gasteiger partial charge in [-0.3, -0.25) is 14.7 Å². The van der Waals surface area contributed by atoms with Gasteiger partial charge in [0.1, 0.15) is 5.69 Å². The Hall–Kier alpha value is -1.85. The van der Waals surface area contributed by atoms with Gasteiger partial charge >= 0.3 is 5.97 Å². The van der Waals surface area contributed by atoms with Gasteiger partial charge in [0.05, 0.1) is 5.92 Å². The highest BCUT2D eigenvalue weighted by Gasteiger charge is 2.60. The number of hydrogen-bond acceptors (Lipinski definition) is 3. The molecule has 2 unspecified atom stereocenters. The molecule has 0 aromatic carbocycles. The lowest BCUT2D eigenvalue weighted by Crippen LogP contribution is -2.32. The number of nitrogens with one attached hydrogen (secondary N) is 1. The molecule has 1 saturated heterocycles. The van der Waals surface area contributed by atoms with E-state index in [0.29, 0.717) is 24.7 Å². The standard InChI is InChI=1S/C13H17N3O3/c1-6(2)9-3-10(15-14-9)12(17)16-4-7-8(5-16)11(7)13(18)19/h3,6-8,11H,4-5H2,1-2H3,(H,14,15)(H,18,19). The van der Waals surface area contributed by atoms with E-state index in [1.54, 1.807) is 11.0 Å². The van der Waals surface area contributed by atoms with E-state index in [9.17, 15) is 9.59 Å². The van der Waals surface area contributed by atoms with Gasteiger partial charge in [-0.1, -0.05) is 13.8 Å². The lowest BCUT2D eigenvalue weighted by Gasteiger charge is -2.17. The van der Waals surface area contributed by atoms with Gasteiger partial charge in [0.15, 0.2) is 0 Å². The minimum atomic E-state index is -0.732. The molecule has 0 radical (unpaired) electrons. The van der Waals surface area contributed by atoms with Crippen molar-refractivity contribution < 1.29 is 14.7 Å². The third-order valence-corrected chi connectivity index (χ3v) is 4.21. The van der Waals surface area contributed by atoms with E-state index in [-0.39, 0.29) is 23.7 Å². The van der Waals surface area contributed by atoms with Crippen LogP contribution in [0.3, 0.4) is 0 Å². The zero-order valence-corrected chi connectivity index (χ0v) is 11.0. The van der Waals surface area contributed by atoms with Crippen LogP contribution in [0.25, 0.3) is 0 Å². The molecule has 0 spiro atoms. The molecule has 2 atom stereocenters. The Balaban J connectivity index is 1.65. The highest BCUT2D eigenvalue weighted by molar-refractivity contribution is 5.93. The number of carboxylic acid groups (broad SMARTS) is 1. The predicted octanol–water partition coefficient (Wildman–Crippen LogP) is 0.936. The van der Waals surface area contributed by atoms with Crippen LogP contribution in [0.4, 0.5) is 0 Å². The number of H-pyrrole nitrogens is 1. The van der Waals surface area contributed by atoms with Gasteiger partial charge in [0, 0.05) is 18.8 Å². The van der Waals surface area contributed by atoms with Crippen LogP contribution < -0.4 is 0 Å². The number of likely N-dealkylation sites (tertiary alicyclic amines) is 1. The van der Waals surface area contributed by atoms with Crippen molar-refractivity contribution >= 4 is 11.9 Å². The first-order chi connectivity index (χ1) is 8.99. The topological polar surface area (TPSA) is 86.3 Å². The van der Waals surface area contributed by atoms with Gasteiger partial charge in [-0.15, -0.1) is 0 Å². The quantitative estimate of drug-likeness (QED) is 0.849. The number of amides is 1. The van der Waals surface area contributed by atoms with Gasteiger partial charge in [-0.25, -0.2) is 0 Å². The third-order valence-electron chi connectivity index (χ3n) is 4.21. The van der Waals surface area contributed by atoms with Crippen molar-refractivity contribution in [2.75, 3.05) is 13.1 Å². The average molecular weight is 263 g/mol. The van der Waals surface area contributed by atoms with E-state index in [4.69, 9.17) is 5.11 Å². The number of hydrogen-bond donors (Lipinski definition) is 2. The van der Waals surface area contributed by atoms with E-state index in [0.717, 1.165) is 5.69 Å². The summed E-state index contributed by atoms with van der Waals surface area (Å²) in [5.74, 6) is -0.481. The molecule has 6 heteroatoms. The summed E-state index contributed by atoms with van der Waals surface area (Å²) in [6, 6.07) is 1.78. The Kier molecular flexibility index (Phi) is 2.62. The largest absolute Gasteiger partial charge is 0.481 e. The molecular formula is C13H17N3O3. The molecular weight excluding hydrogens is 246 g/mol. The zero-order chi connectivity index (χ0) is 13.7. The highest BCUT2D eigenvalue weighted by Crippen LogP contribution is 2.51. The van der Waals surface area contributed by atoms with Crippen molar-refractivity contribution in [2.45, 2.75) is 19.8 Å². The fourth-order valence-corrected chi connectivity index (χ4v) is 2.96. The highest BCUT2D eigenvalue weighted by atomic mass is 16.4. The maximum atomic E-state index is 12.2. The van der Waals surface area contributed by atoms with Crippen molar-refractivity contribution in [3.05, 3.63) is 17.5 Å². The number of carbonyl (C=O) groups is 2. The molecule has 2 fully saturated rings. The molecule has 1 aliphatic carbocycles. The molecule has 1 aliphatic heterocycles. The van der Waals surface area contributed by atoms with Gasteiger partial charge < -0.3 is 10.0 Å². The van der Waals surface area contributed by atoms with Crippen molar-refractivity contribution in [3.8, 4) is 0 Å². The Labute approximate surface area is 110 Å². The van der Waals surface area contributed by atoms with Crippen LogP contribution in [0.5, 0.6) is 0 Å². The summed E-state index contributed by atoms with van der Waals surface area (Å²) >= 11 is 0. The molecule has 3 rings (SSSR count). The second kappa shape index (κ2) is 4.08. The number of carbonyl (C=O) groups excluding carboxylic acids is 1. The number of aliphatic carboxylic acids is 1. The number of carboxylic acids is 1. The number of aromatic amines is 1. The SMILES string of the molecule is CC(C)c1cc(C(=O)N2CC3C(C2)C3C(=O)O)n[nH]1. The summed E-state index contributed by atoms with van der Waals surface area (Å²) in [5, 5.41) is 15.9. The molecule has 2 heterocycles. The second-order valence-electron chi connectivity index (χ2n) is 5.77. The minimum Gasteiger partial charge on any atom is -0.481 e. The summed E-state index contributed by atoms with van der Waals surface area (Å²) < 4.78 is 0. The van der Waals surface area contributed by atoms with Crippen LogP contribution in [0, 0.1) is 17.8 Å². The Morgan fingerprint density at radius 3 is 2.53 bits per heavy atom. The molecule has 2 aliphatic rings. The first-order valence-electron chi connectivity index (χ1n) is 6.56. The fraction of sp³-hybridized carbons (Fsp3) is 0.615. The van der Waals surface area contributed by atoms with Gasteiger partial charge in [0.25, 0.3) is 5.91 Å². The number of aromatic nitrogens is 2. The number of piperidine rings is 1. The third kappa shape index (κ3) is 1.91. The molecule has 1 aromatic heterocycles. The summed E-state index contributed by atoms with van der Waals surface area (Å²) in [6.45, 7) is 5.16. The molecule has 6 nitrogen and oxygen atoms in total. The summed E-state index contributed by atoms with van der Waals surface area (Å²) in [4.78, 5) is 24.8. The smallest absolute Gasteiger partial charge is 0.307 e. The predicted molar refractivity (Wildman–Crippen MR) is 66.7 cm³/mol. The van der Waals surface area contributed by atoms with Crippen LogP contribution in [-0.2, 0) is 4.79 Å². The molecule has 1 amide bonds. The van der Waals surface area contributed by atoms with E-state index in [1.807, 2.05) is 13.8 Å². The van der Waals surface area contributed by atoms with E-state index in [1.165, 1.54) is 0 Å². The zero-order valence-electron chi connectivity index (χ0n) is 11.0. The van der Waals surface area contributed by atoms with E-state index >= 15 is 0 Å². The van der Waals surface area contributed by atoms with Crippen LogP contribution in [0.15, 0.2) is 6.07 Å². The van der Waals surface area contributed by atoms with E-state index in [2.05, 4.69) is 10.2 Å². The Bertz CT molecular complexity index is 525. The number of rotatable bonds is 3. The number of nitrogens with zero attached hydrogens (tertiary/aromatic N) is 2. The summed E-state index contributed by atoms with van der Waals surface area (Å²) in [7, 11) is 0. The fourth-order valence-electron chi connectivity index (χ4n) is 2.96. The normalized spacial score (nSPS) is 28.6. The molecule has 102 valence electrons. The lowest BCUT2D eigenvalue weighted by molar-refractivity contribution is -0.139. The molecule has 19 heavy (non-hydrogen) atoms. The summed E-state index contributed by atoms with van der Waals surface area (Å²) in [6.07, 6.45) is 0. The maximum Gasteiger partial charge on any atom is 0.307 e. The van der Waals surface area contributed by atoms with E-state index < -0.39 is 5.97 Å². The van der Waals surface area contributed by atoms with Crippen molar-refractivity contribution in [3.63, 3.8) is 0 Å². The molecule has 1 aromatic rings. The van der Waals surface area contributed by atoms with Crippen LogP contribution in [0.1, 0.15) is 35.9 Å². The first kappa shape index (κ1) is 12.2. The first-order valence-corrected chi connectivity index (χ1v) is 6.56. The van der Waals surface area contributed by atoms with Crippen molar-refractivity contribution in [2.24, 2.45) is 17.8 Å². The Morgan fingerprint density at radius 2 is 2.05 bits per heavy atom. The van der Waals surface area contributed by atoms with Crippen LogP contribution in [0.2, 0.25) is 0 Å². The molecule has 1 saturated carbocycles. The van der Waals surface area contributed by atoms with Crippen LogP contribution in [-0.4, -0.2) is 45.2 Å². The Morgan fingerprint density at radius 1 is 1.42 bits per heavy atom. The second-order valence-corrected chi connectivity index (χ2v) is 5.77. The molecule has 2 N–H and O–H groups in total. The monoisotopic (exact) mass is 263 g/mol. The van der Waals surface area contributed by atoms with Crippen molar-refractivity contribution in [1.82, 2.24) is 15.1 Å². The van der Waals surface area contributed by atoms with Gasteiger partial charge in [0.2, 0.25) is 0 Å². The number of fused-ring (bicyclic) bond motifs is 1.